The van der Waals surface area contributed by atoms with Crippen LogP contribution in [0.15, 0.2) is 0 Å². The smallest absolute Gasteiger partial charge is 0.252 e. The van der Waals surface area contributed by atoms with Crippen molar-refractivity contribution in [1.29, 1.82) is 0 Å². The minimum Gasteiger partial charge on any atom is -0.391 e. The number of aliphatic hydroxyl groups is 2. The summed E-state index contributed by atoms with van der Waals surface area (Å²) in [7, 11) is 0. The van der Waals surface area contributed by atoms with E-state index in [4.69, 9.17) is 0 Å². The minimum atomic E-state index is -1.31. The number of fused-ring (bicyclic) bond motifs is 1. The van der Waals surface area contributed by atoms with Crippen molar-refractivity contribution in [2.75, 3.05) is 19.6 Å². The lowest BCUT2D eigenvalue weighted by Gasteiger charge is -2.37. The molecule has 8 heteroatoms. The molecule has 0 bridgehead atoms. The summed E-state index contributed by atoms with van der Waals surface area (Å²) in [6.45, 7) is 4.33. The van der Waals surface area contributed by atoms with Crippen molar-refractivity contribution in [3.8, 4) is 0 Å². The first-order valence-corrected chi connectivity index (χ1v) is 9.97. The molecule has 0 aromatic heterocycles. The van der Waals surface area contributed by atoms with E-state index in [-0.39, 0.29) is 54.5 Å². The van der Waals surface area contributed by atoms with Crippen molar-refractivity contribution in [3.05, 3.63) is 0 Å². The molecule has 0 aromatic rings. The number of β-amino-alcohol motifs (C(OH)–C–C–N with tert-alkyl or cyclic N) is 1. The Hall–Kier alpha value is -1.67. The molecule has 4 fully saturated rings. The summed E-state index contributed by atoms with van der Waals surface area (Å²) in [6, 6.07) is -0.562. The first-order chi connectivity index (χ1) is 12.7. The molecule has 2 aliphatic heterocycles. The molecule has 0 spiro atoms. The van der Waals surface area contributed by atoms with Crippen LogP contribution in [0.1, 0.15) is 39.5 Å². The largest absolute Gasteiger partial charge is 0.391 e. The van der Waals surface area contributed by atoms with Gasteiger partial charge in [-0.15, -0.1) is 0 Å². The number of aliphatic hydroxyl groups excluding tert-OH is 1. The van der Waals surface area contributed by atoms with Gasteiger partial charge in [-0.05, 0) is 25.7 Å². The van der Waals surface area contributed by atoms with Gasteiger partial charge in [-0.25, -0.2) is 0 Å². The van der Waals surface area contributed by atoms with Crippen LogP contribution in [0.3, 0.4) is 0 Å². The highest BCUT2D eigenvalue weighted by molar-refractivity contribution is 5.88. The molecule has 2 heterocycles. The van der Waals surface area contributed by atoms with E-state index in [0.717, 1.165) is 19.3 Å². The van der Waals surface area contributed by atoms with Gasteiger partial charge in [0.25, 0.3) is 5.91 Å². The molecule has 3 amide bonds. The van der Waals surface area contributed by atoms with Crippen LogP contribution in [0.5, 0.6) is 0 Å². The van der Waals surface area contributed by atoms with Gasteiger partial charge in [-0.2, -0.15) is 0 Å². The number of hydrogen-bond donors (Lipinski definition) is 3. The zero-order valence-electron chi connectivity index (χ0n) is 15.9. The van der Waals surface area contributed by atoms with Gasteiger partial charge >= 0.3 is 0 Å². The van der Waals surface area contributed by atoms with E-state index in [1.54, 1.807) is 11.8 Å². The maximum atomic E-state index is 12.8. The predicted molar refractivity (Wildman–Crippen MR) is 95.3 cm³/mol. The fraction of sp³-hybridized carbons (Fsp3) is 0.842. The summed E-state index contributed by atoms with van der Waals surface area (Å²) in [5.41, 5.74) is -1.31. The highest BCUT2D eigenvalue weighted by Crippen LogP contribution is 2.46. The Labute approximate surface area is 158 Å². The Bertz CT molecular complexity index is 650. The molecule has 0 aromatic carbocycles. The molecule has 4 aliphatic rings. The molecular weight excluding hydrogens is 350 g/mol. The second-order valence-corrected chi connectivity index (χ2v) is 8.92. The molecule has 6 atom stereocenters. The number of carbonyl (C=O) groups is 3. The van der Waals surface area contributed by atoms with Crippen LogP contribution in [0.2, 0.25) is 0 Å². The fourth-order valence-electron chi connectivity index (χ4n) is 4.98. The molecule has 0 radical (unpaired) electrons. The van der Waals surface area contributed by atoms with Crippen molar-refractivity contribution in [3.63, 3.8) is 0 Å². The van der Waals surface area contributed by atoms with Crippen LogP contribution in [-0.4, -0.2) is 81.2 Å². The monoisotopic (exact) mass is 379 g/mol. The van der Waals surface area contributed by atoms with Crippen molar-refractivity contribution in [2.45, 2.75) is 63.3 Å². The lowest BCUT2D eigenvalue weighted by atomic mass is 9.73. The summed E-state index contributed by atoms with van der Waals surface area (Å²) in [4.78, 5) is 40.2. The molecule has 27 heavy (non-hydrogen) atoms. The molecule has 4 rings (SSSR count). The average Bonchev–Trinajstić information content (AvgIpc) is 2.90. The minimum absolute atomic E-state index is 0.0196. The number of carbonyl (C=O) groups excluding carboxylic acids is 3. The summed E-state index contributed by atoms with van der Waals surface area (Å²) in [6.07, 6.45) is 2.47. The van der Waals surface area contributed by atoms with Crippen LogP contribution in [0, 0.1) is 17.8 Å². The zero-order valence-corrected chi connectivity index (χ0v) is 15.9. The van der Waals surface area contributed by atoms with Crippen molar-refractivity contribution >= 4 is 17.7 Å². The van der Waals surface area contributed by atoms with E-state index in [0.29, 0.717) is 13.1 Å². The molecule has 2 aliphatic carbocycles. The van der Waals surface area contributed by atoms with Crippen LogP contribution in [-0.2, 0) is 14.4 Å². The average molecular weight is 379 g/mol. The van der Waals surface area contributed by atoms with Gasteiger partial charge in [-0.1, -0.05) is 6.42 Å². The topological polar surface area (TPSA) is 110 Å². The number of nitrogens with one attached hydrogen (secondary N) is 1. The number of likely N-dealkylation sites (tertiary alicyclic amines) is 2. The van der Waals surface area contributed by atoms with Crippen LogP contribution >= 0.6 is 0 Å². The maximum Gasteiger partial charge on any atom is 0.252 e. The molecule has 150 valence electrons. The van der Waals surface area contributed by atoms with Gasteiger partial charge in [-0.3, -0.25) is 14.4 Å². The first-order valence-electron chi connectivity index (χ1n) is 9.97. The lowest BCUT2D eigenvalue weighted by Crippen LogP contribution is -2.53. The Balaban J connectivity index is 1.30. The van der Waals surface area contributed by atoms with E-state index >= 15 is 0 Å². The molecule has 2 saturated carbocycles. The van der Waals surface area contributed by atoms with Gasteiger partial charge in [0.1, 0.15) is 11.6 Å². The molecular formula is C19H29N3O5. The molecule has 2 unspecified atom stereocenters. The number of amides is 3. The zero-order chi connectivity index (χ0) is 19.5. The van der Waals surface area contributed by atoms with Crippen LogP contribution < -0.4 is 5.32 Å². The number of nitrogens with zero attached hydrogens (tertiary/aromatic N) is 2. The van der Waals surface area contributed by atoms with Crippen molar-refractivity contribution in [1.82, 2.24) is 15.1 Å². The summed E-state index contributed by atoms with van der Waals surface area (Å²) in [5, 5.41) is 23.3. The van der Waals surface area contributed by atoms with E-state index < -0.39 is 17.7 Å². The van der Waals surface area contributed by atoms with Gasteiger partial charge in [0, 0.05) is 50.9 Å². The second-order valence-electron chi connectivity index (χ2n) is 8.92. The SMILES string of the molecule is CC(=O)N1C[C@H](O)C[C@H]1C(=O)N1C[C@@H]2C(NC(=O)C(C)(O)C3CCC3)[C@@H]2C1. The van der Waals surface area contributed by atoms with E-state index in [2.05, 4.69) is 5.32 Å². The van der Waals surface area contributed by atoms with Gasteiger partial charge in [0.05, 0.1) is 6.10 Å². The van der Waals surface area contributed by atoms with E-state index in [1.807, 2.05) is 0 Å². The highest BCUT2D eigenvalue weighted by Gasteiger charge is 2.59. The predicted octanol–water partition coefficient (Wildman–Crippen LogP) is -0.908. The van der Waals surface area contributed by atoms with E-state index in [9.17, 15) is 24.6 Å². The Kier molecular flexibility index (Phi) is 4.46. The first kappa shape index (κ1) is 18.7. The third kappa shape index (κ3) is 3.12. The van der Waals surface area contributed by atoms with Gasteiger partial charge < -0.3 is 25.3 Å². The lowest BCUT2D eigenvalue weighted by molar-refractivity contribution is -0.147. The van der Waals surface area contributed by atoms with Crippen molar-refractivity contribution < 1.29 is 24.6 Å². The number of rotatable bonds is 4. The third-order valence-corrected chi connectivity index (χ3v) is 7.13. The van der Waals surface area contributed by atoms with Gasteiger partial charge in [0.2, 0.25) is 11.8 Å². The molecule has 3 N–H and O–H groups in total. The summed E-state index contributed by atoms with van der Waals surface area (Å²) in [5.74, 6) is -0.135. The second kappa shape index (κ2) is 6.44. The van der Waals surface area contributed by atoms with Crippen LogP contribution in [0.25, 0.3) is 0 Å². The Morgan fingerprint density at radius 3 is 2.26 bits per heavy atom. The standard InChI is InChI=1S/C19H29N3O5/c1-10(23)22-7-12(24)6-15(22)17(25)21-8-13-14(9-21)16(13)20-18(26)19(2,27)11-4-3-5-11/h11-16,24,27H,3-9H2,1-2H3,(H,20,26)/t12-,13-,14+,15+,16?,19?/m1/s1. The Morgan fingerprint density at radius 1 is 1.11 bits per heavy atom. The maximum absolute atomic E-state index is 12.8. The number of hydrogen-bond acceptors (Lipinski definition) is 5. The van der Waals surface area contributed by atoms with Gasteiger partial charge in [0.15, 0.2) is 0 Å². The highest BCUT2D eigenvalue weighted by atomic mass is 16.3. The fourth-order valence-corrected chi connectivity index (χ4v) is 4.98. The molecule has 8 nitrogen and oxygen atoms in total. The van der Waals surface area contributed by atoms with Crippen LogP contribution in [0.4, 0.5) is 0 Å². The number of piperidine rings is 1. The normalized spacial score (nSPS) is 37.4. The summed E-state index contributed by atoms with van der Waals surface area (Å²) < 4.78 is 0. The van der Waals surface area contributed by atoms with Crippen molar-refractivity contribution in [2.24, 2.45) is 17.8 Å². The quantitative estimate of drug-likeness (QED) is 0.586. The third-order valence-electron chi connectivity index (χ3n) is 7.13. The summed E-state index contributed by atoms with van der Waals surface area (Å²) >= 11 is 0. The Morgan fingerprint density at radius 2 is 1.74 bits per heavy atom. The van der Waals surface area contributed by atoms with E-state index in [1.165, 1.54) is 11.8 Å². The molecule has 2 saturated heterocycles.